The van der Waals surface area contributed by atoms with Crippen LogP contribution in [0.4, 0.5) is 28.1 Å². The number of aromatic nitrogens is 3. The molecule has 216 valence electrons. The predicted molar refractivity (Wildman–Crippen MR) is 158 cm³/mol. The van der Waals surface area contributed by atoms with Crippen molar-refractivity contribution in [1.82, 2.24) is 19.9 Å². The highest BCUT2D eigenvalue weighted by molar-refractivity contribution is 6.00. The summed E-state index contributed by atoms with van der Waals surface area (Å²) in [5.41, 5.74) is 2.55. The van der Waals surface area contributed by atoms with E-state index in [1.54, 1.807) is 38.4 Å². The van der Waals surface area contributed by atoms with Gasteiger partial charge in [-0.25, -0.2) is 4.79 Å². The fourth-order valence-corrected chi connectivity index (χ4v) is 4.74. The number of nitrogens with zero attached hydrogens (tertiary/aromatic N) is 6. The summed E-state index contributed by atoms with van der Waals surface area (Å²) in [7, 11) is 3.39. The molecule has 12 heteroatoms. The molecular weight excluding hydrogens is 524 g/mol. The lowest BCUT2D eigenvalue weighted by Crippen LogP contribution is -2.46. The Bertz CT molecular complexity index is 1330. The van der Waals surface area contributed by atoms with Gasteiger partial charge in [0.1, 0.15) is 0 Å². The van der Waals surface area contributed by atoms with Crippen LogP contribution in [0.2, 0.25) is 0 Å². The molecular formula is C29H36N8O4. The largest absolute Gasteiger partial charge is 0.377 e. The number of hydrogen-bond donors (Lipinski definition) is 2. The Kier molecular flexibility index (Phi) is 8.60. The van der Waals surface area contributed by atoms with Crippen LogP contribution in [0, 0.1) is 0 Å². The number of carbonyl (C=O) groups excluding carboxylic acids is 2. The lowest BCUT2D eigenvalue weighted by Gasteiger charge is -2.36. The van der Waals surface area contributed by atoms with Gasteiger partial charge in [-0.2, -0.15) is 15.0 Å². The SMILES string of the molecule is CC1COCCN1c1nc(-c2ccc(NC(=O)Nc3ccc(C(=O)N(C)C)cc3)cc2)nc(N2CCOCC2C)n1. The quantitative estimate of drug-likeness (QED) is 0.467. The molecule has 0 saturated carbocycles. The van der Waals surface area contributed by atoms with Crippen molar-refractivity contribution in [3.63, 3.8) is 0 Å². The summed E-state index contributed by atoms with van der Waals surface area (Å²) in [4.78, 5) is 45.0. The number of rotatable bonds is 6. The van der Waals surface area contributed by atoms with Gasteiger partial charge >= 0.3 is 6.03 Å². The van der Waals surface area contributed by atoms with Crippen molar-refractivity contribution in [2.24, 2.45) is 0 Å². The molecule has 2 aliphatic rings. The molecule has 2 fully saturated rings. The maximum absolute atomic E-state index is 12.6. The Morgan fingerprint density at radius 1 is 0.780 bits per heavy atom. The van der Waals surface area contributed by atoms with Gasteiger partial charge in [0.25, 0.3) is 5.91 Å². The second-order valence-corrected chi connectivity index (χ2v) is 10.4. The van der Waals surface area contributed by atoms with Gasteiger partial charge in [-0.15, -0.1) is 0 Å². The minimum absolute atomic E-state index is 0.0996. The van der Waals surface area contributed by atoms with E-state index in [2.05, 4.69) is 34.3 Å². The molecule has 2 aliphatic heterocycles. The number of nitrogens with one attached hydrogen (secondary N) is 2. The van der Waals surface area contributed by atoms with Crippen molar-refractivity contribution < 1.29 is 19.1 Å². The summed E-state index contributed by atoms with van der Waals surface area (Å²) >= 11 is 0. The molecule has 2 aromatic carbocycles. The number of carbonyl (C=O) groups is 2. The molecule has 12 nitrogen and oxygen atoms in total. The summed E-state index contributed by atoms with van der Waals surface area (Å²) in [6.45, 7) is 8.08. The van der Waals surface area contributed by atoms with E-state index in [-0.39, 0.29) is 18.0 Å². The molecule has 0 aliphatic carbocycles. The second kappa shape index (κ2) is 12.5. The zero-order chi connectivity index (χ0) is 28.9. The first-order valence-corrected chi connectivity index (χ1v) is 13.7. The lowest BCUT2D eigenvalue weighted by molar-refractivity contribution is 0.0827. The fourth-order valence-electron chi connectivity index (χ4n) is 4.74. The number of anilines is 4. The molecule has 3 heterocycles. The number of urea groups is 1. The van der Waals surface area contributed by atoms with Crippen molar-refractivity contribution in [3.8, 4) is 11.4 Å². The fraction of sp³-hybridized carbons (Fsp3) is 0.414. The van der Waals surface area contributed by atoms with Crippen molar-refractivity contribution in [2.45, 2.75) is 25.9 Å². The molecule has 3 aromatic rings. The van der Waals surface area contributed by atoms with Gasteiger partial charge in [0, 0.05) is 49.7 Å². The van der Waals surface area contributed by atoms with Crippen LogP contribution in [0.5, 0.6) is 0 Å². The van der Waals surface area contributed by atoms with E-state index in [4.69, 9.17) is 24.4 Å². The number of amides is 3. The Morgan fingerprint density at radius 3 is 1.73 bits per heavy atom. The predicted octanol–water partition coefficient (Wildman–Crippen LogP) is 3.33. The summed E-state index contributed by atoms with van der Waals surface area (Å²) in [6.07, 6.45) is 0. The third-order valence-electron chi connectivity index (χ3n) is 7.06. The average molecular weight is 561 g/mol. The van der Waals surface area contributed by atoms with E-state index in [0.717, 1.165) is 5.56 Å². The third kappa shape index (κ3) is 6.72. The Hall–Kier alpha value is -4.29. The van der Waals surface area contributed by atoms with Crippen LogP contribution in [0.25, 0.3) is 11.4 Å². The van der Waals surface area contributed by atoms with Gasteiger partial charge in [-0.05, 0) is 62.4 Å². The van der Waals surface area contributed by atoms with Crippen LogP contribution < -0.4 is 20.4 Å². The minimum atomic E-state index is -0.392. The van der Waals surface area contributed by atoms with E-state index in [1.165, 1.54) is 4.90 Å². The summed E-state index contributed by atoms with van der Waals surface area (Å²) in [6, 6.07) is 14.0. The second-order valence-electron chi connectivity index (χ2n) is 10.4. The zero-order valence-electron chi connectivity index (χ0n) is 23.8. The van der Waals surface area contributed by atoms with Crippen LogP contribution in [0.15, 0.2) is 48.5 Å². The molecule has 2 N–H and O–H groups in total. The first-order chi connectivity index (χ1) is 19.8. The van der Waals surface area contributed by atoms with Crippen LogP contribution in [-0.2, 0) is 9.47 Å². The highest BCUT2D eigenvalue weighted by Gasteiger charge is 2.27. The van der Waals surface area contributed by atoms with Crippen LogP contribution in [-0.4, -0.2) is 97.5 Å². The Morgan fingerprint density at radius 2 is 1.27 bits per heavy atom. The molecule has 5 rings (SSSR count). The van der Waals surface area contributed by atoms with Crippen molar-refractivity contribution in [2.75, 3.05) is 74.0 Å². The van der Waals surface area contributed by atoms with Crippen molar-refractivity contribution >= 4 is 35.2 Å². The average Bonchev–Trinajstić information content (AvgIpc) is 2.97. The Labute approximate surface area is 239 Å². The summed E-state index contributed by atoms with van der Waals surface area (Å²) < 4.78 is 11.2. The number of benzene rings is 2. The van der Waals surface area contributed by atoms with Crippen molar-refractivity contribution in [1.29, 1.82) is 0 Å². The number of morpholine rings is 2. The van der Waals surface area contributed by atoms with Gasteiger partial charge in [0.05, 0.1) is 38.5 Å². The maximum atomic E-state index is 12.6. The topological polar surface area (TPSA) is 125 Å². The molecule has 2 unspecified atom stereocenters. The zero-order valence-corrected chi connectivity index (χ0v) is 23.8. The molecule has 0 bridgehead atoms. The maximum Gasteiger partial charge on any atom is 0.323 e. The van der Waals surface area contributed by atoms with E-state index in [9.17, 15) is 9.59 Å². The highest BCUT2D eigenvalue weighted by Crippen LogP contribution is 2.26. The summed E-state index contributed by atoms with van der Waals surface area (Å²) in [5, 5.41) is 5.63. The molecule has 0 spiro atoms. The molecule has 0 radical (unpaired) electrons. The van der Waals surface area contributed by atoms with E-state index >= 15 is 0 Å². The van der Waals surface area contributed by atoms with E-state index < -0.39 is 6.03 Å². The van der Waals surface area contributed by atoms with E-state index in [1.807, 2.05) is 24.3 Å². The number of ether oxygens (including phenoxy) is 2. The highest BCUT2D eigenvalue weighted by atomic mass is 16.5. The number of hydrogen-bond acceptors (Lipinski definition) is 9. The minimum Gasteiger partial charge on any atom is -0.377 e. The van der Waals surface area contributed by atoms with Gasteiger partial charge in [0.15, 0.2) is 5.82 Å². The van der Waals surface area contributed by atoms with Gasteiger partial charge in [-0.3, -0.25) is 4.79 Å². The monoisotopic (exact) mass is 560 g/mol. The molecule has 41 heavy (non-hydrogen) atoms. The van der Waals surface area contributed by atoms with Crippen LogP contribution >= 0.6 is 0 Å². The Balaban J connectivity index is 1.32. The van der Waals surface area contributed by atoms with Gasteiger partial charge < -0.3 is 34.8 Å². The standard InChI is InChI=1S/C29H36N8O4/c1-19-17-40-15-13-36(19)27-32-25(33-28(34-27)37-14-16-41-18-20(37)2)21-5-9-23(10-6-21)30-29(39)31-24-11-7-22(8-12-24)26(38)35(3)4/h5-12,19-20H,13-18H2,1-4H3,(H2,30,31,39). The van der Waals surface area contributed by atoms with Crippen LogP contribution in [0.1, 0.15) is 24.2 Å². The van der Waals surface area contributed by atoms with Gasteiger partial charge in [-0.1, -0.05) is 0 Å². The molecule has 2 saturated heterocycles. The first-order valence-electron chi connectivity index (χ1n) is 13.7. The van der Waals surface area contributed by atoms with E-state index in [0.29, 0.717) is 74.2 Å². The van der Waals surface area contributed by atoms with Crippen molar-refractivity contribution in [3.05, 3.63) is 54.1 Å². The smallest absolute Gasteiger partial charge is 0.323 e. The third-order valence-corrected chi connectivity index (χ3v) is 7.06. The van der Waals surface area contributed by atoms with Crippen LogP contribution in [0.3, 0.4) is 0 Å². The molecule has 2 atom stereocenters. The molecule has 1 aromatic heterocycles. The normalized spacial score (nSPS) is 19.0. The first kappa shape index (κ1) is 28.2. The lowest BCUT2D eigenvalue weighted by atomic mass is 10.2. The molecule has 3 amide bonds. The van der Waals surface area contributed by atoms with Gasteiger partial charge in [0.2, 0.25) is 11.9 Å². The summed E-state index contributed by atoms with van der Waals surface area (Å²) in [5.74, 6) is 1.71.